The number of hydrogen-bond donors (Lipinski definition) is 1. The number of hydrogen-bond acceptors (Lipinski definition) is 3. The third-order valence-electron chi connectivity index (χ3n) is 5.11. The van der Waals surface area contributed by atoms with Crippen LogP contribution in [0.1, 0.15) is 24.0 Å². The van der Waals surface area contributed by atoms with Crippen molar-refractivity contribution < 1.29 is 9.53 Å². The minimum Gasteiger partial charge on any atom is -0.496 e. The number of benzene rings is 2. The van der Waals surface area contributed by atoms with E-state index in [0.29, 0.717) is 13.1 Å². The van der Waals surface area contributed by atoms with Gasteiger partial charge in [-0.15, -0.1) is 0 Å². The minimum absolute atomic E-state index is 0.0809. The standard InChI is InChI=1S/C22H28N2O2/c1-26-21-10-6-5-9-20(21)16-23-22(25)17-24-13-11-19(12-14-24)15-18-7-3-2-4-8-18/h2-10,19H,11-17H2,1H3,(H,23,25). The van der Waals surface area contributed by atoms with Crippen LogP contribution in [0.4, 0.5) is 0 Å². The summed E-state index contributed by atoms with van der Waals surface area (Å²) in [6.07, 6.45) is 3.47. The molecule has 1 heterocycles. The summed E-state index contributed by atoms with van der Waals surface area (Å²) in [6.45, 7) is 2.99. The van der Waals surface area contributed by atoms with Gasteiger partial charge in [-0.05, 0) is 49.9 Å². The Balaban J connectivity index is 1.39. The summed E-state index contributed by atoms with van der Waals surface area (Å²) in [6, 6.07) is 18.5. The first-order chi connectivity index (χ1) is 12.7. The number of nitrogens with zero attached hydrogens (tertiary/aromatic N) is 1. The molecule has 1 amide bonds. The number of ether oxygens (including phenoxy) is 1. The van der Waals surface area contributed by atoms with E-state index in [9.17, 15) is 4.79 Å². The molecule has 4 nitrogen and oxygen atoms in total. The zero-order valence-corrected chi connectivity index (χ0v) is 15.5. The summed E-state index contributed by atoms with van der Waals surface area (Å²) in [5, 5.41) is 3.01. The summed E-state index contributed by atoms with van der Waals surface area (Å²) in [5.41, 5.74) is 2.42. The van der Waals surface area contributed by atoms with E-state index >= 15 is 0 Å². The van der Waals surface area contributed by atoms with Crippen LogP contribution in [0, 0.1) is 5.92 Å². The van der Waals surface area contributed by atoms with Crippen LogP contribution in [0.25, 0.3) is 0 Å². The molecular formula is C22H28N2O2. The van der Waals surface area contributed by atoms with Crippen LogP contribution >= 0.6 is 0 Å². The first-order valence-corrected chi connectivity index (χ1v) is 9.39. The quantitative estimate of drug-likeness (QED) is 0.832. The topological polar surface area (TPSA) is 41.6 Å². The second-order valence-corrected chi connectivity index (χ2v) is 7.00. The SMILES string of the molecule is COc1ccccc1CNC(=O)CN1CCC(Cc2ccccc2)CC1. The summed E-state index contributed by atoms with van der Waals surface area (Å²) in [4.78, 5) is 14.5. The molecule has 0 bridgehead atoms. The fourth-order valence-corrected chi connectivity index (χ4v) is 3.60. The number of rotatable bonds is 7. The summed E-state index contributed by atoms with van der Waals surface area (Å²) in [7, 11) is 1.65. The summed E-state index contributed by atoms with van der Waals surface area (Å²) in [5.74, 6) is 1.62. The lowest BCUT2D eigenvalue weighted by molar-refractivity contribution is -0.122. The molecule has 4 heteroatoms. The van der Waals surface area contributed by atoms with E-state index in [2.05, 4.69) is 40.5 Å². The van der Waals surface area contributed by atoms with Crippen LogP contribution in [0.15, 0.2) is 54.6 Å². The van der Waals surface area contributed by atoms with Crippen LogP contribution < -0.4 is 10.1 Å². The molecule has 0 unspecified atom stereocenters. The number of methoxy groups -OCH3 is 1. The molecule has 1 saturated heterocycles. The second-order valence-electron chi connectivity index (χ2n) is 7.00. The Morgan fingerprint density at radius 2 is 1.77 bits per heavy atom. The fraction of sp³-hybridized carbons (Fsp3) is 0.409. The van der Waals surface area contributed by atoms with Crippen molar-refractivity contribution in [3.05, 3.63) is 65.7 Å². The molecule has 0 aliphatic carbocycles. The highest BCUT2D eigenvalue weighted by molar-refractivity contribution is 5.78. The van der Waals surface area contributed by atoms with Gasteiger partial charge in [-0.1, -0.05) is 48.5 Å². The number of nitrogens with one attached hydrogen (secondary N) is 1. The van der Waals surface area contributed by atoms with Crippen molar-refractivity contribution in [3.63, 3.8) is 0 Å². The smallest absolute Gasteiger partial charge is 0.234 e. The summed E-state index contributed by atoms with van der Waals surface area (Å²) < 4.78 is 5.33. The first kappa shape index (κ1) is 18.5. The molecule has 0 spiro atoms. The highest BCUT2D eigenvalue weighted by Crippen LogP contribution is 2.21. The maximum Gasteiger partial charge on any atom is 0.234 e. The number of amides is 1. The molecule has 1 aliphatic heterocycles. The van der Waals surface area contributed by atoms with Gasteiger partial charge >= 0.3 is 0 Å². The van der Waals surface area contributed by atoms with Gasteiger partial charge in [0.1, 0.15) is 5.75 Å². The third kappa shape index (κ3) is 5.33. The third-order valence-corrected chi connectivity index (χ3v) is 5.11. The van der Waals surface area contributed by atoms with Gasteiger partial charge in [-0.3, -0.25) is 9.69 Å². The largest absolute Gasteiger partial charge is 0.496 e. The first-order valence-electron chi connectivity index (χ1n) is 9.39. The van der Waals surface area contributed by atoms with Crippen LogP contribution in [-0.4, -0.2) is 37.6 Å². The predicted molar refractivity (Wildman–Crippen MR) is 104 cm³/mol. The Morgan fingerprint density at radius 1 is 1.08 bits per heavy atom. The molecule has 26 heavy (non-hydrogen) atoms. The zero-order chi connectivity index (χ0) is 18.2. The highest BCUT2D eigenvalue weighted by atomic mass is 16.5. The molecule has 0 saturated carbocycles. The van der Waals surface area contributed by atoms with E-state index in [1.807, 2.05) is 24.3 Å². The normalized spacial score (nSPS) is 15.6. The fourth-order valence-electron chi connectivity index (χ4n) is 3.60. The number of para-hydroxylation sites is 1. The van der Waals surface area contributed by atoms with Gasteiger partial charge in [0.15, 0.2) is 0 Å². The van der Waals surface area contributed by atoms with Crippen LogP contribution in [0.5, 0.6) is 5.75 Å². The molecule has 138 valence electrons. The minimum atomic E-state index is 0.0809. The van der Waals surface area contributed by atoms with E-state index < -0.39 is 0 Å². The van der Waals surface area contributed by atoms with Crippen molar-refractivity contribution in [2.75, 3.05) is 26.7 Å². The van der Waals surface area contributed by atoms with E-state index in [4.69, 9.17) is 4.74 Å². The van der Waals surface area contributed by atoms with Gasteiger partial charge in [0.25, 0.3) is 0 Å². The zero-order valence-electron chi connectivity index (χ0n) is 15.5. The maximum absolute atomic E-state index is 12.3. The van der Waals surface area contributed by atoms with Gasteiger partial charge in [0.2, 0.25) is 5.91 Å². The maximum atomic E-state index is 12.3. The van der Waals surface area contributed by atoms with Crippen LogP contribution in [0.2, 0.25) is 0 Å². The van der Waals surface area contributed by atoms with Crippen molar-refractivity contribution in [2.45, 2.75) is 25.8 Å². The van der Waals surface area contributed by atoms with Crippen molar-refractivity contribution in [3.8, 4) is 5.75 Å². The molecule has 0 atom stereocenters. The summed E-state index contributed by atoms with van der Waals surface area (Å²) >= 11 is 0. The van der Waals surface area contributed by atoms with Gasteiger partial charge in [0.05, 0.1) is 13.7 Å². The van der Waals surface area contributed by atoms with E-state index in [0.717, 1.165) is 49.6 Å². The number of carbonyl (C=O) groups is 1. The molecule has 1 aliphatic rings. The Bertz CT molecular complexity index is 694. The van der Waals surface area contributed by atoms with Crippen molar-refractivity contribution in [1.29, 1.82) is 0 Å². The van der Waals surface area contributed by atoms with Crippen molar-refractivity contribution in [1.82, 2.24) is 10.2 Å². The number of carbonyl (C=O) groups excluding carboxylic acids is 1. The number of piperidine rings is 1. The molecule has 2 aromatic rings. The average Bonchev–Trinajstić information content (AvgIpc) is 2.69. The molecule has 2 aromatic carbocycles. The molecular weight excluding hydrogens is 324 g/mol. The van der Waals surface area contributed by atoms with E-state index in [1.54, 1.807) is 7.11 Å². The van der Waals surface area contributed by atoms with Gasteiger partial charge in [-0.2, -0.15) is 0 Å². The van der Waals surface area contributed by atoms with Crippen molar-refractivity contribution >= 4 is 5.91 Å². The lowest BCUT2D eigenvalue weighted by Gasteiger charge is -2.31. The van der Waals surface area contributed by atoms with Crippen molar-refractivity contribution in [2.24, 2.45) is 5.92 Å². The lowest BCUT2D eigenvalue weighted by Crippen LogP contribution is -2.41. The molecule has 3 rings (SSSR count). The predicted octanol–water partition coefficient (Wildman–Crippen LogP) is 3.27. The highest BCUT2D eigenvalue weighted by Gasteiger charge is 2.21. The Kier molecular flexibility index (Phi) is 6.67. The number of likely N-dealkylation sites (tertiary alicyclic amines) is 1. The van der Waals surface area contributed by atoms with Gasteiger partial charge in [0, 0.05) is 12.1 Å². The molecule has 1 N–H and O–H groups in total. The second kappa shape index (κ2) is 9.39. The van der Waals surface area contributed by atoms with Crippen LogP contribution in [0.3, 0.4) is 0 Å². The van der Waals surface area contributed by atoms with E-state index in [1.165, 1.54) is 5.56 Å². The molecule has 0 aromatic heterocycles. The van der Waals surface area contributed by atoms with Gasteiger partial charge < -0.3 is 10.1 Å². The van der Waals surface area contributed by atoms with Crippen LogP contribution in [-0.2, 0) is 17.8 Å². The lowest BCUT2D eigenvalue weighted by atomic mass is 9.90. The van der Waals surface area contributed by atoms with E-state index in [-0.39, 0.29) is 5.91 Å². The Morgan fingerprint density at radius 3 is 2.50 bits per heavy atom. The van der Waals surface area contributed by atoms with Gasteiger partial charge in [-0.25, -0.2) is 0 Å². The molecule has 1 fully saturated rings. The Labute approximate surface area is 156 Å². The average molecular weight is 352 g/mol. The Hall–Kier alpha value is -2.33. The molecule has 0 radical (unpaired) electrons. The monoisotopic (exact) mass is 352 g/mol.